The zero-order chi connectivity index (χ0) is 29.1. The quantitative estimate of drug-likeness (QED) is 0.137. The van der Waals surface area contributed by atoms with Crippen LogP contribution in [-0.2, 0) is 6.42 Å². The van der Waals surface area contributed by atoms with Gasteiger partial charge in [0.15, 0.2) is 0 Å². The lowest BCUT2D eigenvalue weighted by molar-refractivity contribution is -0.284. The van der Waals surface area contributed by atoms with Crippen molar-refractivity contribution in [3.63, 3.8) is 0 Å². The van der Waals surface area contributed by atoms with Crippen LogP contribution in [0.3, 0.4) is 0 Å². The molecular formula is C34H37F5OS. The highest BCUT2D eigenvalue weighted by molar-refractivity contribution is 7.99. The molecule has 0 saturated heterocycles. The Balaban J connectivity index is 1.49. The van der Waals surface area contributed by atoms with Crippen molar-refractivity contribution in [3.05, 3.63) is 102 Å². The lowest BCUT2D eigenvalue weighted by atomic mass is 9.77. The van der Waals surface area contributed by atoms with Crippen LogP contribution >= 0.6 is 11.8 Å². The molecule has 0 aliphatic heterocycles. The van der Waals surface area contributed by atoms with E-state index in [1.807, 2.05) is 36.4 Å². The molecule has 0 fully saturated rings. The SMILES string of the molecule is FC(F)(F)C(F)(F)CCCSCCCC(CCOc1ccccc1)C(=C1CCCc2ccccc21)c1ccccc1. The van der Waals surface area contributed by atoms with Crippen molar-refractivity contribution in [2.45, 2.75) is 63.5 Å². The number of allylic oxidation sites excluding steroid dienone is 2. The standard InChI is InChI=1S/C34H37F5OS/c35-33(36,34(37,38)39)22-11-25-41-24-10-16-28(21-23-40-29-17-5-2-6-18-29)32(27-13-3-1-4-14-27)31-20-9-15-26-12-7-8-19-30(26)31/h1-8,12-14,17-19,28H,9-11,15-16,20-25H2. The third-order valence-electron chi connectivity index (χ3n) is 7.55. The molecule has 1 atom stereocenters. The van der Waals surface area contributed by atoms with Gasteiger partial charge in [-0.15, -0.1) is 0 Å². The van der Waals surface area contributed by atoms with Gasteiger partial charge in [-0.3, -0.25) is 0 Å². The highest BCUT2D eigenvalue weighted by atomic mass is 32.2. The first-order chi connectivity index (χ1) is 19.8. The third-order valence-corrected chi connectivity index (χ3v) is 8.70. The van der Waals surface area contributed by atoms with Crippen molar-refractivity contribution in [2.24, 2.45) is 5.92 Å². The number of alkyl halides is 5. The molecule has 0 aromatic heterocycles. The topological polar surface area (TPSA) is 9.23 Å². The summed E-state index contributed by atoms with van der Waals surface area (Å²) < 4.78 is 69.9. The Bertz CT molecular complexity index is 1240. The molecule has 7 heteroatoms. The van der Waals surface area contributed by atoms with Gasteiger partial charge in [0.2, 0.25) is 0 Å². The predicted octanol–water partition coefficient (Wildman–Crippen LogP) is 10.5. The summed E-state index contributed by atoms with van der Waals surface area (Å²) in [6, 6.07) is 28.9. The molecule has 0 spiro atoms. The highest BCUT2D eigenvalue weighted by Gasteiger charge is 2.56. The van der Waals surface area contributed by atoms with Gasteiger partial charge in [-0.25, -0.2) is 0 Å². The number of fused-ring (bicyclic) bond motifs is 1. The maximum Gasteiger partial charge on any atom is 0.453 e. The number of halogens is 5. The van der Waals surface area contributed by atoms with Crippen molar-refractivity contribution in [2.75, 3.05) is 18.1 Å². The molecule has 0 saturated carbocycles. The minimum Gasteiger partial charge on any atom is -0.494 e. The van der Waals surface area contributed by atoms with Gasteiger partial charge in [-0.1, -0.05) is 72.8 Å². The van der Waals surface area contributed by atoms with Crippen molar-refractivity contribution < 1.29 is 26.7 Å². The first-order valence-electron chi connectivity index (χ1n) is 14.3. The number of hydrogen-bond acceptors (Lipinski definition) is 2. The Labute approximate surface area is 244 Å². The molecule has 220 valence electrons. The second-order valence-corrected chi connectivity index (χ2v) is 11.7. The zero-order valence-electron chi connectivity index (χ0n) is 23.1. The Morgan fingerprint density at radius 1 is 0.756 bits per heavy atom. The van der Waals surface area contributed by atoms with E-state index in [4.69, 9.17) is 4.74 Å². The predicted molar refractivity (Wildman–Crippen MR) is 159 cm³/mol. The Hall–Kier alpha value is -2.80. The van der Waals surface area contributed by atoms with Crippen LogP contribution in [0.1, 0.15) is 61.6 Å². The van der Waals surface area contributed by atoms with Gasteiger partial charge in [-0.2, -0.15) is 33.7 Å². The van der Waals surface area contributed by atoms with Crippen LogP contribution in [0.5, 0.6) is 5.75 Å². The van der Waals surface area contributed by atoms with Crippen molar-refractivity contribution in [3.8, 4) is 5.75 Å². The molecule has 0 amide bonds. The lowest BCUT2D eigenvalue weighted by Gasteiger charge is -2.29. The van der Waals surface area contributed by atoms with E-state index >= 15 is 0 Å². The number of thioether (sulfide) groups is 1. The molecular weight excluding hydrogens is 551 g/mol. The number of rotatable bonds is 14. The first-order valence-corrected chi connectivity index (χ1v) is 15.5. The summed E-state index contributed by atoms with van der Waals surface area (Å²) in [4.78, 5) is 0. The van der Waals surface area contributed by atoms with E-state index in [0.29, 0.717) is 12.4 Å². The number of hydrogen-bond donors (Lipinski definition) is 0. The molecule has 4 rings (SSSR count). The fourth-order valence-corrected chi connectivity index (χ4v) is 6.44. The summed E-state index contributed by atoms with van der Waals surface area (Å²) in [7, 11) is 0. The summed E-state index contributed by atoms with van der Waals surface area (Å²) in [5.41, 5.74) is 6.60. The van der Waals surface area contributed by atoms with Gasteiger partial charge >= 0.3 is 12.1 Å². The van der Waals surface area contributed by atoms with E-state index in [1.54, 1.807) is 0 Å². The molecule has 0 bridgehead atoms. The second-order valence-electron chi connectivity index (χ2n) is 10.5. The van der Waals surface area contributed by atoms with Crippen LogP contribution in [-0.4, -0.2) is 30.2 Å². The fraction of sp³-hybridized carbons (Fsp3) is 0.412. The summed E-state index contributed by atoms with van der Waals surface area (Å²) >= 11 is 1.45. The Morgan fingerprint density at radius 2 is 1.41 bits per heavy atom. The Kier molecular flexibility index (Phi) is 11.3. The van der Waals surface area contributed by atoms with E-state index in [1.165, 1.54) is 39.6 Å². The molecule has 1 aliphatic carbocycles. The highest BCUT2D eigenvalue weighted by Crippen LogP contribution is 2.43. The van der Waals surface area contributed by atoms with E-state index in [9.17, 15) is 22.0 Å². The lowest BCUT2D eigenvalue weighted by Crippen LogP contribution is -2.36. The molecule has 1 nitrogen and oxygen atoms in total. The van der Waals surface area contributed by atoms with Crippen LogP contribution < -0.4 is 4.74 Å². The summed E-state index contributed by atoms with van der Waals surface area (Å²) in [5, 5.41) is 0. The monoisotopic (exact) mass is 588 g/mol. The van der Waals surface area contributed by atoms with Gasteiger partial charge in [-0.05, 0) is 102 Å². The third kappa shape index (κ3) is 8.84. The maximum absolute atomic E-state index is 13.2. The van der Waals surface area contributed by atoms with E-state index in [2.05, 4.69) is 48.5 Å². The largest absolute Gasteiger partial charge is 0.494 e. The Morgan fingerprint density at radius 3 is 2.15 bits per heavy atom. The van der Waals surface area contributed by atoms with Crippen molar-refractivity contribution in [1.29, 1.82) is 0 Å². The molecule has 3 aromatic carbocycles. The average Bonchev–Trinajstić information content (AvgIpc) is 2.97. The minimum absolute atomic E-state index is 0.165. The smallest absolute Gasteiger partial charge is 0.453 e. The molecule has 3 aromatic rings. The van der Waals surface area contributed by atoms with E-state index < -0.39 is 18.5 Å². The molecule has 1 aliphatic rings. The molecule has 1 unspecified atom stereocenters. The van der Waals surface area contributed by atoms with E-state index in [-0.39, 0.29) is 18.1 Å². The first kappa shape index (κ1) is 31.1. The van der Waals surface area contributed by atoms with Gasteiger partial charge < -0.3 is 4.74 Å². The van der Waals surface area contributed by atoms with Crippen molar-refractivity contribution in [1.82, 2.24) is 0 Å². The van der Waals surface area contributed by atoms with Crippen LogP contribution in [0.4, 0.5) is 22.0 Å². The fourth-order valence-electron chi connectivity index (χ4n) is 5.52. The number of benzene rings is 3. The molecule has 0 radical (unpaired) electrons. The van der Waals surface area contributed by atoms with Crippen LogP contribution in [0.15, 0.2) is 84.9 Å². The van der Waals surface area contributed by atoms with E-state index in [0.717, 1.165) is 44.3 Å². The number of para-hydroxylation sites is 1. The summed E-state index contributed by atoms with van der Waals surface area (Å²) in [6.45, 7) is 0.555. The molecule has 0 N–H and O–H groups in total. The molecule has 0 heterocycles. The van der Waals surface area contributed by atoms with Gasteiger partial charge in [0.05, 0.1) is 6.61 Å². The second kappa shape index (κ2) is 14.9. The minimum atomic E-state index is -5.48. The van der Waals surface area contributed by atoms with Crippen LogP contribution in [0.2, 0.25) is 0 Å². The van der Waals surface area contributed by atoms with Gasteiger partial charge in [0, 0.05) is 6.42 Å². The number of ether oxygens (including phenoxy) is 1. The number of aryl methyl sites for hydroxylation is 1. The van der Waals surface area contributed by atoms with Crippen LogP contribution in [0, 0.1) is 5.92 Å². The summed E-state index contributed by atoms with van der Waals surface area (Å²) in [6.07, 6.45) is -1.13. The average molecular weight is 589 g/mol. The van der Waals surface area contributed by atoms with Crippen molar-refractivity contribution >= 4 is 22.9 Å². The maximum atomic E-state index is 13.2. The van der Waals surface area contributed by atoms with Crippen LogP contribution in [0.25, 0.3) is 11.1 Å². The zero-order valence-corrected chi connectivity index (χ0v) is 24.0. The van der Waals surface area contributed by atoms with Gasteiger partial charge in [0.1, 0.15) is 5.75 Å². The normalized spacial score (nSPS) is 15.7. The van der Waals surface area contributed by atoms with Gasteiger partial charge in [0.25, 0.3) is 0 Å². The molecule has 41 heavy (non-hydrogen) atoms. The summed E-state index contributed by atoms with van der Waals surface area (Å²) in [5.74, 6) is -2.59.